The third kappa shape index (κ3) is 1.81. The first-order valence-electron chi connectivity index (χ1n) is 5.03. The average Bonchev–Trinajstić information content (AvgIpc) is 2.41. The van der Waals surface area contributed by atoms with E-state index in [1.807, 2.05) is 0 Å². The number of hydrogen-bond donors (Lipinski definition) is 3. The van der Waals surface area contributed by atoms with Crippen LogP contribution in [0.3, 0.4) is 0 Å². The number of aryl methyl sites for hydroxylation is 1. The van der Waals surface area contributed by atoms with Crippen LogP contribution in [0.1, 0.15) is 30.4 Å². The van der Waals surface area contributed by atoms with E-state index in [2.05, 4.69) is 16.5 Å². The molecule has 2 rings (SSSR count). The summed E-state index contributed by atoms with van der Waals surface area (Å²) in [7, 11) is 0. The Morgan fingerprint density at radius 1 is 1.29 bits per heavy atom. The molecule has 1 aromatic heterocycles. The van der Waals surface area contributed by atoms with Gasteiger partial charge in [-0.1, -0.05) is 18.6 Å². The largest absolute Gasteiger partial charge is 0.332 e. The van der Waals surface area contributed by atoms with E-state index in [1.165, 1.54) is 30.4 Å². The predicted octanol–water partition coefficient (Wildman–Crippen LogP) is 2.30. The topological polar surface area (TPSA) is 53.8 Å². The van der Waals surface area contributed by atoms with Crippen molar-refractivity contribution in [2.75, 3.05) is 5.43 Å². The van der Waals surface area contributed by atoms with Crippen LogP contribution >= 0.6 is 12.2 Å². The van der Waals surface area contributed by atoms with Gasteiger partial charge in [0.25, 0.3) is 0 Å². The zero-order chi connectivity index (χ0) is 9.97. The number of hydrogen-bond acceptors (Lipinski definition) is 3. The molecule has 0 fully saturated rings. The van der Waals surface area contributed by atoms with Crippen molar-refractivity contribution in [1.29, 1.82) is 0 Å². The fourth-order valence-corrected chi connectivity index (χ4v) is 2.31. The van der Waals surface area contributed by atoms with Crippen molar-refractivity contribution in [3.8, 4) is 0 Å². The molecule has 0 radical (unpaired) electrons. The Hall–Kier alpha value is -0.870. The van der Waals surface area contributed by atoms with Crippen molar-refractivity contribution in [3.63, 3.8) is 0 Å². The van der Waals surface area contributed by atoms with Gasteiger partial charge in [0.05, 0.1) is 0 Å². The van der Waals surface area contributed by atoms with Crippen LogP contribution in [0, 0.1) is 4.64 Å². The van der Waals surface area contributed by atoms with Gasteiger partial charge in [-0.2, -0.15) is 0 Å². The summed E-state index contributed by atoms with van der Waals surface area (Å²) in [4.78, 5) is 3.09. The Morgan fingerprint density at radius 3 is 2.86 bits per heavy atom. The quantitative estimate of drug-likeness (QED) is 0.288. The van der Waals surface area contributed by atoms with Crippen LogP contribution in [0.5, 0.6) is 0 Å². The van der Waals surface area contributed by atoms with E-state index in [1.54, 1.807) is 0 Å². The van der Waals surface area contributed by atoms with Gasteiger partial charge in [0.15, 0.2) is 0 Å². The number of anilines is 1. The Labute approximate surface area is 88.7 Å². The molecule has 0 atom stereocenters. The van der Waals surface area contributed by atoms with E-state index in [0.717, 1.165) is 23.3 Å². The standard InChI is InChI=1S/C10H15N3S/c11-13-10-8-5-3-1-2-4-7(8)6-9(14)12-10/h6H,1-5,11H2,(H2,12,13,14). The van der Waals surface area contributed by atoms with E-state index < -0.39 is 0 Å². The van der Waals surface area contributed by atoms with Gasteiger partial charge in [-0.25, -0.2) is 5.84 Å². The lowest BCUT2D eigenvalue weighted by Crippen LogP contribution is -2.12. The molecule has 14 heavy (non-hydrogen) atoms. The molecule has 0 amide bonds. The maximum Gasteiger partial charge on any atom is 0.122 e. The Kier molecular flexibility index (Phi) is 2.84. The Morgan fingerprint density at radius 2 is 2.07 bits per heavy atom. The van der Waals surface area contributed by atoms with Crippen LogP contribution in [0.15, 0.2) is 6.07 Å². The number of nitrogens with two attached hydrogens (primary N) is 1. The molecule has 0 bridgehead atoms. The highest BCUT2D eigenvalue weighted by Crippen LogP contribution is 2.25. The molecule has 1 aromatic rings. The minimum Gasteiger partial charge on any atom is -0.332 e. The molecule has 0 saturated carbocycles. The third-order valence-corrected chi connectivity index (χ3v) is 2.98. The van der Waals surface area contributed by atoms with Gasteiger partial charge in [0.1, 0.15) is 10.5 Å². The van der Waals surface area contributed by atoms with Gasteiger partial charge in [0, 0.05) is 0 Å². The minimum atomic E-state index is 0.763. The highest BCUT2D eigenvalue weighted by molar-refractivity contribution is 7.71. The average molecular weight is 209 g/mol. The maximum atomic E-state index is 5.47. The summed E-state index contributed by atoms with van der Waals surface area (Å²) in [5, 5.41) is 0. The van der Waals surface area contributed by atoms with Gasteiger partial charge in [-0.15, -0.1) is 0 Å². The summed E-state index contributed by atoms with van der Waals surface area (Å²) in [6.07, 6.45) is 6.02. The molecule has 4 N–H and O–H groups in total. The molecule has 1 aliphatic carbocycles. The Bertz CT molecular complexity index is 383. The minimum absolute atomic E-state index is 0.763. The summed E-state index contributed by atoms with van der Waals surface area (Å²) in [5.74, 6) is 6.36. The van der Waals surface area contributed by atoms with E-state index >= 15 is 0 Å². The first kappa shape index (κ1) is 9.68. The number of pyridine rings is 1. The highest BCUT2D eigenvalue weighted by Gasteiger charge is 2.11. The van der Waals surface area contributed by atoms with Crippen molar-refractivity contribution in [2.24, 2.45) is 5.84 Å². The van der Waals surface area contributed by atoms with Gasteiger partial charge in [0.2, 0.25) is 0 Å². The molecular formula is C10H15N3S. The Balaban J connectivity index is 2.52. The van der Waals surface area contributed by atoms with Crippen LogP contribution < -0.4 is 11.3 Å². The van der Waals surface area contributed by atoms with E-state index in [-0.39, 0.29) is 0 Å². The number of rotatable bonds is 1. The number of hydrazine groups is 1. The molecule has 4 heteroatoms. The van der Waals surface area contributed by atoms with E-state index in [9.17, 15) is 0 Å². The number of fused-ring (bicyclic) bond motifs is 1. The second kappa shape index (κ2) is 4.11. The van der Waals surface area contributed by atoms with Crippen LogP contribution in [0.2, 0.25) is 0 Å². The molecule has 0 aromatic carbocycles. The van der Waals surface area contributed by atoms with Crippen LogP contribution in [0.4, 0.5) is 5.82 Å². The molecule has 0 saturated heterocycles. The van der Waals surface area contributed by atoms with Crippen LogP contribution in [-0.4, -0.2) is 4.98 Å². The molecular weight excluding hydrogens is 194 g/mol. The lowest BCUT2D eigenvalue weighted by Gasteiger charge is -2.11. The lowest BCUT2D eigenvalue weighted by molar-refractivity contribution is 0.711. The van der Waals surface area contributed by atoms with E-state index in [4.69, 9.17) is 18.1 Å². The van der Waals surface area contributed by atoms with Crippen molar-refractivity contribution < 1.29 is 0 Å². The molecule has 3 nitrogen and oxygen atoms in total. The maximum absolute atomic E-state index is 5.47. The summed E-state index contributed by atoms with van der Waals surface area (Å²) in [5.41, 5.74) is 5.38. The van der Waals surface area contributed by atoms with Crippen molar-refractivity contribution in [2.45, 2.75) is 32.1 Å². The highest BCUT2D eigenvalue weighted by atomic mass is 32.1. The first-order valence-corrected chi connectivity index (χ1v) is 5.44. The molecule has 0 unspecified atom stereocenters. The third-order valence-electron chi connectivity index (χ3n) is 2.76. The van der Waals surface area contributed by atoms with Crippen molar-refractivity contribution >= 4 is 18.0 Å². The second-order valence-electron chi connectivity index (χ2n) is 3.72. The molecule has 1 heterocycles. The van der Waals surface area contributed by atoms with Gasteiger partial charge in [-0.05, 0) is 42.9 Å². The van der Waals surface area contributed by atoms with Gasteiger partial charge < -0.3 is 10.4 Å². The molecule has 76 valence electrons. The number of aromatic amines is 1. The zero-order valence-corrected chi connectivity index (χ0v) is 8.91. The molecule has 1 aliphatic rings. The molecule has 0 spiro atoms. The number of H-pyrrole nitrogens is 1. The van der Waals surface area contributed by atoms with E-state index in [0.29, 0.717) is 0 Å². The van der Waals surface area contributed by atoms with Crippen molar-refractivity contribution in [3.05, 3.63) is 21.8 Å². The lowest BCUT2D eigenvalue weighted by atomic mass is 10.1. The monoisotopic (exact) mass is 209 g/mol. The fraction of sp³-hybridized carbons (Fsp3) is 0.500. The fourth-order valence-electron chi connectivity index (χ4n) is 2.07. The zero-order valence-electron chi connectivity index (χ0n) is 8.10. The first-order chi connectivity index (χ1) is 6.81. The number of nitrogen functional groups attached to an aromatic ring is 1. The smallest absolute Gasteiger partial charge is 0.122 e. The van der Waals surface area contributed by atoms with Gasteiger partial charge in [-0.3, -0.25) is 0 Å². The number of aromatic nitrogens is 1. The van der Waals surface area contributed by atoms with Crippen LogP contribution in [-0.2, 0) is 12.8 Å². The normalized spacial score (nSPS) is 15.8. The number of nitrogens with one attached hydrogen (secondary N) is 2. The SMILES string of the molecule is NNc1[nH]c(=S)cc2c1CCCCC2. The summed E-state index contributed by atoms with van der Waals surface area (Å²) < 4.78 is 0.763. The van der Waals surface area contributed by atoms with Crippen LogP contribution in [0.25, 0.3) is 0 Å². The predicted molar refractivity (Wildman–Crippen MR) is 60.7 cm³/mol. The summed E-state index contributed by atoms with van der Waals surface area (Å²) in [6, 6.07) is 2.07. The summed E-state index contributed by atoms with van der Waals surface area (Å²) in [6.45, 7) is 0. The second-order valence-corrected chi connectivity index (χ2v) is 4.16. The molecule has 0 aliphatic heterocycles. The summed E-state index contributed by atoms with van der Waals surface area (Å²) >= 11 is 5.14. The van der Waals surface area contributed by atoms with Gasteiger partial charge >= 0.3 is 0 Å². The van der Waals surface area contributed by atoms with Crippen molar-refractivity contribution in [1.82, 2.24) is 4.98 Å².